The Balaban J connectivity index is 2.09. The molecule has 2 unspecified atom stereocenters. The minimum absolute atomic E-state index is 0.0319. The van der Waals surface area contributed by atoms with Crippen LogP contribution in [0.1, 0.15) is 30.0 Å². The van der Waals surface area contributed by atoms with Crippen LogP contribution in [0.25, 0.3) is 0 Å². The molecule has 1 aromatic rings. The zero-order valence-corrected chi connectivity index (χ0v) is 11.4. The van der Waals surface area contributed by atoms with Crippen LogP contribution < -0.4 is 11.3 Å². The lowest BCUT2D eigenvalue weighted by molar-refractivity contribution is 0.420. The van der Waals surface area contributed by atoms with E-state index in [0.29, 0.717) is 11.5 Å². The molecule has 1 saturated heterocycles. The molecule has 1 fully saturated rings. The van der Waals surface area contributed by atoms with Gasteiger partial charge >= 0.3 is 0 Å². The number of hydrogen-bond acceptors (Lipinski definition) is 4. The molecule has 0 spiro atoms. The molecule has 3 N–H and O–H groups in total. The zero-order valence-electron chi connectivity index (χ0n) is 10.6. The lowest BCUT2D eigenvalue weighted by Crippen LogP contribution is -2.30. The van der Waals surface area contributed by atoms with Crippen molar-refractivity contribution in [3.8, 4) is 0 Å². The molecule has 18 heavy (non-hydrogen) atoms. The Morgan fingerprint density at radius 1 is 1.44 bits per heavy atom. The van der Waals surface area contributed by atoms with Gasteiger partial charge in [-0.25, -0.2) is 8.42 Å². The van der Waals surface area contributed by atoms with Gasteiger partial charge in [0.05, 0.1) is 11.5 Å². The molecular weight excluding hydrogens is 248 g/mol. The van der Waals surface area contributed by atoms with E-state index >= 15 is 0 Å². The van der Waals surface area contributed by atoms with Gasteiger partial charge in [-0.2, -0.15) is 0 Å². The van der Waals surface area contributed by atoms with Gasteiger partial charge in [0.25, 0.3) is 0 Å². The fraction of sp³-hybridized carbons (Fsp3) is 0.538. The summed E-state index contributed by atoms with van der Waals surface area (Å²) in [5.41, 5.74) is 5.16. The normalized spacial score (nSPS) is 24.0. The van der Waals surface area contributed by atoms with Gasteiger partial charge in [-0.1, -0.05) is 24.3 Å². The van der Waals surface area contributed by atoms with Crippen molar-refractivity contribution in [3.05, 3.63) is 35.4 Å². The summed E-state index contributed by atoms with van der Waals surface area (Å²) in [5, 5.41) is 0. The molecule has 1 heterocycles. The third-order valence-corrected chi connectivity index (χ3v) is 5.50. The molecular formula is C13H20N2O2S. The van der Waals surface area contributed by atoms with Gasteiger partial charge in [0.2, 0.25) is 0 Å². The van der Waals surface area contributed by atoms with Gasteiger partial charge in [0.15, 0.2) is 9.84 Å². The number of rotatable bonds is 4. The predicted molar refractivity (Wildman–Crippen MR) is 72.6 cm³/mol. The second kappa shape index (κ2) is 5.38. The Morgan fingerprint density at radius 3 is 2.72 bits per heavy atom. The fourth-order valence-corrected chi connectivity index (χ4v) is 4.53. The third kappa shape index (κ3) is 3.10. The van der Waals surface area contributed by atoms with Crippen molar-refractivity contribution in [2.75, 3.05) is 11.5 Å². The van der Waals surface area contributed by atoms with Crippen LogP contribution in [0.5, 0.6) is 0 Å². The summed E-state index contributed by atoms with van der Waals surface area (Å²) in [4.78, 5) is 0. The summed E-state index contributed by atoms with van der Waals surface area (Å²) in [6, 6.07) is 8.10. The molecule has 1 aromatic carbocycles. The number of hydrogen-bond donors (Lipinski definition) is 2. The second-order valence-corrected chi connectivity index (χ2v) is 7.31. The summed E-state index contributed by atoms with van der Waals surface area (Å²) in [6.45, 7) is 2.05. The Morgan fingerprint density at radius 2 is 2.17 bits per heavy atom. The summed E-state index contributed by atoms with van der Waals surface area (Å²) < 4.78 is 22.9. The number of nitrogens with one attached hydrogen (secondary N) is 1. The molecule has 100 valence electrons. The van der Waals surface area contributed by atoms with E-state index in [0.717, 1.165) is 18.4 Å². The van der Waals surface area contributed by atoms with E-state index in [1.807, 2.05) is 31.2 Å². The van der Waals surface area contributed by atoms with Crippen molar-refractivity contribution in [2.24, 2.45) is 11.8 Å². The molecule has 0 aromatic heterocycles. The lowest BCUT2D eigenvalue weighted by Gasteiger charge is -2.21. The topological polar surface area (TPSA) is 72.2 Å². The second-order valence-electron chi connectivity index (χ2n) is 5.08. The summed E-state index contributed by atoms with van der Waals surface area (Å²) in [7, 11) is -2.81. The Labute approximate surface area is 108 Å². The molecule has 0 aliphatic carbocycles. The molecule has 1 aliphatic heterocycles. The Bertz CT molecular complexity index is 513. The van der Waals surface area contributed by atoms with E-state index < -0.39 is 9.84 Å². The minimum atomic E-state index is -2.81. The lowest BCUT2D eigenvalue weighted by atomic mass is 9.92. The number of sulfone groups is 1. The molecule has 0 saturated carbocycles. The van der Waals surface area contributed by atoms with Crippen LogP contribution in [-0.4, -0.2) is 19.9 Å². The standard InChI is InChI=1S/C13H20N2O2S/c1-10-4-2-3-5-12(10)13(15-14)8-11-6-7-18(16,17)9-11/h2-5,11,13,15H,6-9,14H2,1H3. The Hall–Kier alpha value is -0.910. The minimum Gasteiger partial charge on any atom is -0.271 e. The quantitative estimate of drug-likeness (QED) is 0.638. The molecule has 2 atom stereocenters. The van der Waals surface area contributed by atoms with Crippen LogP contribution in [0.2, 0.25) is 0 Å². The van der Waals surface area contributed by atoms with Crippen molar-refractivity contribution in [1.82, 2.24) is 5.43 Å². The van der Waals surface area contributed by atoms with Crippen molar-refractivity contribution in [3.63, 3.8) is 0 Å². The highest BCUT2D eigenvalue weighted by atomic mass is 32.2. The smallest absolute Gasteiger partial charge is 0.150 e. The van der Waals surface area contributed by atoms with Crippen LogP contribution in [0.3, 0.4) is 0 Å². The van der Waals surface area contributed by atoms with Gasteiger partial charge in [-0.15, -0.1) is 0 Å². The van der Waals surface area contributed by atoms with E-state index in [9.17, 15) is 8.42 Å². The molecule has 1 aliphatic rings. The average Bonchev–Trinajstić information content (AvgIpc) is 2.67. The SMILES string of the molecule is Cc1ccccc1C(CC1CCS(=O)(=O)C1)NN. The van der Waals surface area contributed by atoms with E-state index in [-0.39, 0.29) is 12.0 Å². The number of nitrogens with two attached hydrogens (primary N) is 1. The maximum Gasteiger partial charge on any atom is 0.150 e. The maximum absolute atomic E-state index is 11.5. The highest BCUT2D eigenvalue weighted by Crippen LogP contribution is 2.29. The summed E-state index contributed by atoms with van der Waals surface area (Å²) in [5.74, 6) is 6.46. The predicted octanol–water partition coefficient (Wildman–Crippen LogP) is 1.32. The largest absolute Gasteiger partial charge is 0.271 e. The van der Waals surface area contributed by atoms with E-state index in [2.05, 4.69) is 5.43 Å². The van der Waals surface area contributed by atoms with E-state index in [4.69, 9.17) is 5.84 Å². The van der Waals surface area contributed by atoms with Crippen LogP contribution in [0.4, 0.5) is 0 Å². The van der Waals surface area contributed by atoms with Crippen molar-refractivity contribution < 1.29 is 8.42 Å². The highest BCUT2D eigenvalue weighted by molar-refractivity contribution is 7.91. The van der Waals surface area contributed by atoms with Gasteiger partial charge < -0.3 is 0 Å². The van der Waals surface area contributed by atoms with E-state index in [1.54, 1.807) is 0 Å². The van der Waals surface area contributed by atoms with Gasteiger partial charge in [-0.3, -0.25) is 11.3 Å². The monoisotopic (exact) mass is 268 g/mol. The first-order valence-electron chi connectivity index (χ1n) is 6.24. The molecule has 5 heteroatoms. The molecule has 0 radical (unpaired) electrons. The van der Waals surface area contributed by atoms with Crippen molar-refractivity contribution in [1.29, 1.82) is 0 Å². The van der Waals surface area contributed by atoms with Gasteiger partial charge in [-0.05, 0) is 36.8 Å². The maximum atomic E-state index is 11.5. The summed E-state index contributed by atoms with van der Waals surface area (Å²) >= 11 is 0. The van der Waals surface area contributed by atoms with Crippen LogP contribution in [0.15, 0.2) is 24.3 Å². The first-order chi connectivity index (χ1) is 8.52. The molecule has 4 nitrogen and oxygen atoms in total. The average molecular weight is 268 g/mol. The van der Waals surface area contributed by atoms with Crippen LogP contribution >= 0.6 is 0 Å². The van der Waals surface area contributed by atoms with Crippen LogP contribution in [-0.2, 0) is 9.84 Å². The number of benzene rings is 1. The van der Waals surface area contributed by atoms with Crippen molar-refractivity contribution >= 4 is 9.84 Å². The highest BCUT2D eigenvalue weighted by Gasteiger charge is 2.30. The zero-order chi connectivity index (χ0) is 13.2. The molecule has 0 amide bonds. The first-order valence-corrected chi connectivity index (χ1v) is 8.06. The number of aryl methyl sites for hydroxylation is 1. The number of hydrazine groups is 1. The van der Waals surface area contributed by atoms with Crippen molar-refractivity contribution in [2.45, 2.75) is 25.8 Å². The van der Waals surface area contributed by atoms with Gasteiger partial charge in [0.1, 0.15) is 0 Å². The summed E-state index contributed by atoms with van der Waals surface area (Å²) in [6.07, 6.45) is 1.53. The van der Waals surface area contributed by atoms with Crippen LogP contribution in [0, 0.1) is 12.8 Å². The fourth-order valence-electron chi connectivity index (χ4n) is 2.65. The first kappa shape index (κ1) is 13.5. The van der Waals surface area contributed by atoms with Gasteiger partial charge in [0, 0.05) is 6.04 Å². The Kier molecular flexibility index (Phi) is 4.04. The molecule has 2 rings (SSSR count). The van der Waals surface area contributed by atoms with E-state index in [1.165, 1.54) is 5.56 Å². The molecule has 0 bridgehead atoms. The third-order valence-electron chi connectivity index (χ3n) is 3.66.